The lowest BCUT2D eigenvalue weighted by molar-refractivity contribution is -0.0365. The fourth-order valence-corrected chi connectivity index (χ4v) is 3.18. The molecular weight excluding hydrogens is 302 g/mol. The lowest BCUT2D eigenvalue weighted by Gasteiger charge is -2.23. The van der Waals surface area contributed by atoms with E-state index in [0.29, 0.717) is 5.56 Å². The molecule has 120 valence electrons. The van der Waals surface area contributed by atoms with Crippen molar-refractivity contribution in [1.82, 2.24) is 9.78 Å². The highest BCUT2D eigenvalue weighted by atomic mass is 16.5. The van der Waals surface area contributed by atoms with Gasteiger partial charge in [-0.3, -0.25) is 0 Å². The zero-order valence-corrected chi connectivity index (χ0v) is 13.1. The highest BCUT2D eigenvalue weighted by Gasteiger charge is 2.21. The number of benzene rings is 2. The molecule has 1 unspecified atom stereocenters. The van der Waals surface area contributed by atoms with Crippen LogP contribution in [0.1, 0.15) is 31.1 Å². The SMILES string of the molecule is N#Cc1ccc2c(c1)c(-c1ccc(O)cc1)nn2C1CCCCO1. The molecule has 2 heterocycles. The Bertz CT molecular complexity index is 916. The van der Waals surface area contributed by atoms with E-state index in [0.717, 1.165) is 48.0 Å². The number of phenolic OH excluding ortho intramolecular Hbond substituents is 1. The van der Waals surface area contributed by atoms with Gasteiger partial charge in [0.25, 0.3) is 0 Å². The maximum absolute atomic E-state index is 9.52. The van der Waals surface area contributed by atoms with E-state index < -0.39 is 0 Å². The number of rotatable bonds is 2. The summed E-state index contributed by atoms with van der Waals surface area (Å²) in [6.45, 7) is 0.747. The molecule has 3 aromatic rings. The van der Waals surface area contributed by atoms with E-state index in [1.165, 1.54) is 0 Å². The van der Waals surface area contributed by atoms with Crippen LogP contribution < -0.4 is 0 Å². The van der Waals surface area contributed by atoms with Gasteiger partial charge in [-0.15, -0.1) is 0 Å². The van der Waals surface area contributed by atoms with E-state index in [1.54, 1.807) is 12.1 Å². The van der Waals surface area contributed by atoms with Gasteiger partial charge in [0, 0.05) is 17.6 Å². The molecule has 4 rings (SSSR count). The minimum atomic E-state index is -0.0694. The quantitative estimate of drug-likeness (QED) is 0.775. The monoisotopic (exact) mass is 319 g/mol. The molecule has 24 heavy (non-hydrogen) atoms. The standard InChI is InChI=1S/C19H17N3O2/c20-12-13-4-9-17-16(11-13)19(14-5-7-15(23)8-6-14)21-22(17)18-3-1-2-10-24-18/h4-9,11,18,23H,1-3,10H2. The van der Waals surface area contributed by atoms with Crippen LogP contribution in [-0.2, 0) is 4.74 Å². The van der Waals surface area contributed by atoms with Crippen LogP contribution in [0.4, 0.5) is 0 Å². The van der Waals surface area contributed by atoms with Crippen molar-refractivity contribution in [3.05, 3.63) is 48.0 Å². The summed E-state index contributed by atoms with van der Waals surface area (Å²) in [6.07, 6.45) is 3.07. The Morgan fingerprint density at radius 3 is 2.71 bits per heavy atom. The number of aromatic hydroxyl groups is 1. The highest BCUT2D eigenvalue weighted by Crippen LogP contribution is 2.33. The second-order valence-corrected chi connectivity index (χ2v) is 6.01. The lowest BCUT2D eigenvalue weighted by atomic mass is 10.1. The third-order valence-electron chi connectivity index (χ3n) is 4.40. The lowest BCUT2D eigenvalue weighted by Crippen LogP contribution is -2.19. The maximum Gasteiger partial charge on any atom is 0.150 e. The van der Waals surface area contributed by atoms with Gasteiger partial charge >= 0.3 is 0 Å². The third-order valence-corrected chi connectivity index (χ3v) is 4.40. The molecule has 0 radical (unpaired) electrons. The molecule has 1 aliphatic heterocycles. The zero-order chi connectivity index (χ0) is 16.5. The summed E-state index contributed by atoms with van der Waals surface area (Å²) in [5, 5.41) is 24.4. The fraction of sp³-hybridized carbons (Fsp3) is 0.263. The van der Waals surface area contributed by atoms with Gasteiger partial charge in [0.2, 0.25) is 0 Å². The number of fused-ring (bicyclic) bond motifs is 1. The predicted octanol–water partition coefficient (Wildman–Crippen LogP) is 3.98. The molecule has 0 bridgehead atoms. The second kappa shape index (κ2) is 5.99. The van der Waals surface area contributed by atoms with Crippen LogP contribution in [0.3, 0.4) is 0 Å². The van der Waals surface area contributed by atoms with Gasteiger partial charge < -0.3 is 9.84 Å². The number of nitrogens with zero attached hydrogens (tertiary/aromatic N) is 3. The number of hydrogen-bond donors (Lipinski definition) is 1. The molecular formula is C19H17N3O2. The van der Waals surface area contributed by atoms with Crippen molar-refractivity contribution in [2.24, 2.45) is 0 Å². The summed E-state index contributed by atoms with van der Waals surface area (Å²) in [6, 6.07) is 14.8. The molecule has 1 aromatic heterocycles. The first-order chi connectivity index (χ1) is 11.8. The van der Waals surface area contributed by atoms with E-state index in [1.807, 2.05) is 35.0 Å². The van der Waals surface area contributed by atoms with Crippen LogP contribution in [0.25, 0.3) is 22.2 Å². The smallest absolute Gasteiger partial charge is 0.150 e. The van der Waals surface area contributed by atoms with Crippen LogP contribution in [0.2, 0.25) is 0 Å². The van der Waals surface area contributed by atoms with E-state index in [4.69, 9.17) is 9.84 Å². The Balaban J connectivity index is 1.91. The van der Waals surface area contributed by atoms with Crippen LogP contribution in [0.5, 0.6) is 5.75 Å². The number of nitriles is 1. The Kier molecular flexibility index (Phi) is 3.68. The van der Waals surface area contributed by atoms with Crippen molar-refractivity contribution in [2.75, 3.05) is 6.61 Å². The summed E-state index contributed by atoms with van der Waals surface area (Å²) in [4.78, 5) is 0. The van der Waals surface area contributed by atoms with Crippen LogP contribution in [-0.4, -0.2) is 21.5 Å². The van der Waals surface area contributed by atoms with Gasteiger partial charge in [0.15, 0.2) is 6.23 Å². The predicted molar refractivity (Wildman–Crippen MR) is 90.4 cm³/mol. The Hall–Kier alpha value is -2.84. The first-order valence-corrected chi connectivity index (χ1v) is 8.09. The minimum Gasteiger partial charge on any atom is -0.508 e. The molecule has 1 saturated heterocycles. The number of ether oxygens (including phenoxy) is 1. The second-order valence-electron chi connectivity index (χ2n) is 6.01. The van der Waals surface area contributed by atoms with Crippen molar-refractivity contribution in [3.63, 3.8) is 0 Å². The van der Waals surface area contributed by atoms with Crippen LogP contribution in [0, 0.1) is 11.3 Å². The largest absolute Gasteiger partial charge is 0.508 e. The molecule has 2 aromatic carbocycles. The van der Waals surface area contributed by atoms with Crippen molar-refractivity contribution in [3.8, 4) is 23.1 Å². The first kappa shape index (κ1) is 14.7. The Labute approximate surface area is 139 Å². The molecule has 1 atom stereocenters. The molecule has 5 nitrogen and oxygen atoms in total. The summed E-state index contributed by atoms with van der Waals surface area (Å²) in [7, 11) is 0. The molecule has 0 amide bonds. The van der Waals surface area contributed by atoms with Gasteiger partial charge in [-0.1, -0.05) is 0 Å². The van der Waals surface area contributed by atoms with Crippen LogP contribution >= 0.6 is 0 Å². The summed E-state index contributed by atoms with van der Waals surface area (Å²) >= 11 is 0. The van der Waals surface area contributed by atoms with Gasteiger partial charge in [0.05, 0.1) is 17.1 Å². The number of hydrogen-bond acceptors (Lipinski definition) is 4. The third kappa shape index (κ3) is 2.51. The van der Waals surface area contributed by atoms with Gasteiger partial charge in [-0.05, 0) is 61.7 Å². The molecule has 0 aliphatic carbocycles. The zero-order valence-electron chi connectivity index (χ0n) is 13.1. The fourth-order valence-electron chi connectivity index (χ4n) is 3.18. The normalized spacial score (nSPS) is 17.7. The van der Waals surface area contributed by atoms with E-state index in [9.17, 15) is 10.4 Å². The Morgan fingerprint density at radius 1 is 1.17 bits per heavy atom. The minimum absolute atomic E-state index is 0.0694. The number of aromatic nitrogens is 2. The van der Waals surface area contributed by atoms with E-state index in [-0.39, 0.29) is 12.0 Å². The number of phenols is 1. The average Bonchev–Trinajstić information content (AvgIpc) is 3.02. The molecule has 0 spiro atoms. The molecule has 1 N–H and O–H groups in total. The molecule has 1 aliphatic rings. The highest BCUT2D eigenvalue weighted by molar-refractivity contribution is 5.94. The van der Waals surface area contributed by atoms with Crippen LogP contribution in [0.15, 0.2) is 42.5 Å². The average molecular weight is 319 g/mol. The molecule has 5 heteroatoms. The maximum atomic E-state index is 9.52. The van der Waals surface area contributed by atoms with Gasteiger partial charge in [-0.2, -0.15) is 10.4 Å². The van der Waals surface area contributed by atoms with Crippen molar-refractivity contribution in [2.45, 2.75) is 25.5 Å². The van der Waals surface area contributed by atoms with Crippen molar-refractivity contribution < 1.29 is 9.84 Å². The Morgan fingerprint density at radius 2 is 2.00 bits per heavy atom. The molecule has 1 fully saturated rings. The van der Waals surface area contributed by atoms with Gasteiger partial charge in [-0.25, -0.2) is 4.68 Å². The van der Waals surface area contributed by atoms with Gasteiger partial charge in [0.1, 0.15) is 11.4 Å². The van der Waals surface area contributed by atoms with E-state index in [2.05, 4.69) is 6.07 Å². The molecule has 0 saturated carbocycles. The first-order valence-electron chi connectivity index (χ1n) is 8.09. The summed E-state index contributed by atoms with van der Waals surface area (Å²) in [5.41, 5.74) is 3.27. The van der Waals surface area contributed by atoms with Crippen molar-refractivity contribution in [1.29, 1.82) is 5.26 Å². The van der Waals surface area contributed by atoms with E-state index >= 15 is 0 Å². The topological polar surface area (TPSA) is 71.1 Å². The van der Waals surface area contributed by atoms with Crippen molar-refractivity contribution >= 4 is 10.9 Å². The summed E-state index contributed by atoms with van der Waals surface area (Å²) < 4.78 is 7.82. The summed E-state index contributed by atoms with van der Waals surface area (Å²) in [5.74, 6) is 0.218.